The van der Waals surface area contributed by atoms with E-state index in [1.807, 2.05) is 12.1 Å². The smallest absolute Gasteiger partial charge is 0.177 e. The van der Waals surface area contributed by atoms with E-state index >= 15 is 0 Å². The van der Waals surface area contributed by atoms with E-state index in [0.717, 1.165) is 16.9 Å². The molecule has 4 heteroatoms. The molecule has 0 aliphatic heterocycles. The van der Waals surface area contributed by atoms with Gasteiger partial charge in [-0.2, -0.15) is 0 Å². The molecule has 0 bridgehead atoms. The highest BCUT2D eigenvalue weighted by molar-refractivity contribution is 7.14. The number of nitrogens with zero attached hydrogens (tertiary/aromatic N) is 1. The Morgan fingerprint density at radius 3 is 2.88 bits per heavy atom. The molecule has 0 aliphatic carbocycles. The molecule has 2 aromatic rings. The SMILES string of the molecule is CCc1ccc(C(=O)Cc2ccncc2Cl)s1. The highest BCUT2D eigenvalue weighted by Gasteiger charge is 2.11. The summed E-state index contributed by atoms with van der Waals surface area (Å²) in [6, 6.07) is 5.68. The summed E-state index contributed by atoms with van der Waals surface area (Å²) in [6.07, 6.45) is 4.52. The van der Waals surface area contributed by atoms with E-state index in [-0.39, 0.29) is 5.78 Å². The lowest BCUT2D eigenvalue weighted by molar-refractivity contribution is 0.0997. The molecule has 0 aromatic carbocycles. The van der Waals surface area contributed by atoms with Crippen LogP contribution in [0.5, 0.6) is 0 Å². The summed E-state index contributed by atoms with van der Waals surface area (Å²) in [7, 11) is 0. The summed E-state index contributed by atoms with van der Waals surface area (Å²) >= 11 is 7.53. The maximum atomic E-state index is 12.0. The Balaban J connectivity index is 2.14. The number of carbonyl (C=O) groups is 1. The van der Waals surface area contributed by atoms with E-state index in [1.54, 1.807) is 29.8 Å². The topological polar surface area (TPSA) is 30.0 Å². The minimum Gasteiger partial charge on any atom is -0.293 e. The maximum Gasteiger partial charge on any atom is 0.177 e. The van der Waals surface area contributed by atoms with E-state index < -0.39 is 0 Å². The third-order valence-electron chi connectivity index (χ3n) is 2.49. The van der Waals surface area contributed by atoms with Crippen molar-refractivity contribution in [3.63, 3.8) is 0 Å². The molecule has 2 rings (SSSR count). The zero-order chi connectivity index (χ0) is 12.3. The summed E-state index contributed by atoms with van der Waals surface area (Å²) < 4.78 is 0. The fraction of sp³-hybridized carbons (Fsp3) is 0.231. The van der Waals surface area contributed by atoms with Gasteiger partial charge < -0.3 is 0 Å². The first-order valence-electron chi connectivity index (χ1n) is 5.41. The highest BCUT2D eigenvalue weighted by atomic mass is 35.5. The molecular formula is C13H12ClNOS. The van der Waals surface area contributed by atoms with Crippen molar-refractivity contribution in [2.45, 2.75) is 19.8 Å². The third-order valence-corrected chi connectivity index (χ3v) is 4.10. The number of aryl methyl sites for hydroxylation is 1. The molecule has 0 amide bonds. The summed E-state index contributed by atoms with van der Waals surface area (Å²) in [5, 5.41) is 0.549. The number of carbonyl (C=O) groups excluding carboxylic acids is 1. The molecule has 0 atom stereocenters. The molecule has 0 saturated carbocycles. The highest BCUT2D eigenvalue weighted by Crippen LogP contribution is 2.21. The van der Waals surface area contributed by atoms with Crippen molar-refractivity contribution >= 4 is 28.7 Å². The van der Waals surface area contributed by atoms with Gasteiger partial charge in [0.25, 0.3) is 0 Å². The molecule has 0 saturated heterocycles. The molecule has 0 N–H and O–H groups in total. The van der Waals surface area contributed by atoms with Crippen LogP contribution in [-0.4, -0.2) is 10.8 Å². The second-order valence-electron chi connectivity index (χ2n) is 3.69. The molecule has 0 aliphatic rings. The van der Waals surface area contributed by atoms with Crippen molar-refractivity contribution in [3.05, 3.63) is 50.9 Å². The van der Waals surface area contributed by atoms with Gasteiger partial charge >= 0.3 is 0 Å². The summed E-state index contributed by atoms with van der Waals surface area (Å²) in [5.41, 5.74) is 0.832. The van der Waals surface area contributed by atoms with Gasteiger partial charge in [0.2, 0.25) is 0 Å². The fourth-order valence-corrected chi connectivity index (χ4v) is 2.60. The van der Waals surface area contributed by atoms with Crippen LogP contribution in [0.4, 0.5) is 0 Å². The van der Waals surface area contributed by atoms with E-state index in [0.29, 0.717) is 11.4 Å². The predicted octanol–water partition coefficient (Wildman–Crippen LogP) is 3.78. The summed E-state index contributed by atoms with van der Waals surface area (Å²) in [4.78, 5) is 18.0. The van der Waals surface area contributed by atoms with Crippen LogP contribution >= 0.6 is 22.9 Å². The Labute approximate surface area is 109 Å². The van der Waals surface area contributed by atoms with Gasteiger partial charge in [0, 0.05) is 23.7 Å². The number of pyridine rings is 1. The van der Waals surface area contributed by atoms with Gasteiger partial charge in [-0.25, -0.2) is 0 Å². The van der Waals surface area contributed by atoms with Crippen molar-refractivity contribution in [2.75, 3.05) is 0 Å². The number of aromatic nitrogens is 1. The Morgan fingerprint density at radius 1 is 1.41 bits per heavy atom. The van der Waals surface area contributed by atoms with Gasteiger partial charge in [-0.15, -0.1) is 11.3 Å². The van der Waals surface area contributed by atoms with Crippen LogP contribution in [0.1, 0.15) is 27.0 Å². The van der Waals surface area contributed by atoms with Crippen LogP contribution in [0.15, 0.2) is 30.6 Å². The molecule has 2 heterocycles. The number of halogens is 1. The van der Waals surface area contributed by atoms with Gasteiger partial charge in [0.15, 0.2) is 5.78 Å². The van der Waals surface area contributed by atoms with E-state index in [4.69, 9.17) is 11.6 Å². The summed E-state index contributed by atoms with van der Waals surface area (Å²) in [5.74, 6) is 0.114. The van der Waals surface area contributed by atoms with Crippen LogP contribution in [-0.2, 0) is 12.8 Å². The Kier molecular flexibility index (Phi) is 3.92. The third kappa shape index (κ3) is 2.93. The zero-order valence-electron chi connectivity index (χ0n) is 9.44. The van der Waals surface area contributed by atoms with Crippen molar-refractivity contribution in [3.8, 4) is 0 Å². The predicted molar refractivity (Wildman–Crippen MR) is 71.0 cm³/mol. The molecule has 2 nitrogen and oxygen atoms in total. The van der Waals surface area contributed by atoms with E-state index in [9.17, 15) is 4.79 Å². The quantitative estimate of drug-likeness (QED) is 0.788. The number of ketones is 1. The fourth-order valence-electron chi connectivity index (χ4n) is 1.53. The molecule has 17 heavy (non-hydrogen) atoms. The zero-order valence-corrected chi connectivity index (χ0v) is 11.0. The first-order chi connectivity index (χ1) is 8.20. The monoisotopic (exact) mass is 265 g/mol. The number of thiophene rings is 1. The van der Waals surface area contributed by atoms with E-state index in [2.05, 4.69) is 11.9 Å². The largest absolute Gasteiger partial charge is 0.293 e. The van der Waals surface area contributed by atoms with Crippen LogP contribution in [0.3, 0.4) is 0 Å². The first kappa shape index (κ1) is 12.3. The molecule has 0 unspecified atom stereocenters. The Bertz CT molecular complexity index is 536. The number of hydrogen-bond donors (Lipinski definition) is 0. The number of Topliss-reactive ketones (excluding diaryl/α,β-unsaturated/α-hetero) is 1. The Hall–Kier alpha value is -1.19. The second-order valence-corrected chi connectivity index (χ2v) is 5.26. The lowest BCUT2D eigenvalue weighted by Crippen LogP contribution is -2.01. The lowest BCUT2D eigenvalue weighted by Gasteiger charge is -2.01. The van der Waals surface area contributed by atoms with Crippen molar-refractivity contribution in [1.82, 2.24) is 4.98 Å². The van der Waals surface area contributed by atoms with Crippen molar-refractivity contribution in [1.29, 1.82) is 0 Å². The van der Waals surface area contributed by atoms with Crippen LogP contribution in [0, 0.1) is 0 Å². The van der Waals surface area contributed by atoms with E-state index in [1.165, 1.54) is 4.88 Å². The van der Waals surface area contributed by atoms with Crippen molar-refractivity contribution in [2.24, 2.45) is 0 Å². The van der Waals surface area contributed by atoms with Crippen LogP contribution in [0.2, 0.25) is 5.02 Å². The minimum atomic E-state index is 0.114. The number of rotatable bonds is 4. The molecule has 2 aromatic heterocycles. The summed E-state index contributed by atoms with van der Waals surface area (Å²) in [6.45, 7) is 2.08. The molecule has 0 fully saturated rings. The average molecular weight is 266 g/mol. The average Bonchev–Trinajstić information content (AvgIpc) is 2.81. The normalized spacial score (nSPS) is 10.5. The molecule has 88 valence electrons. The standard InChI is InChI=1S/C13H12ClNOS/c1-2-10-3-4-13(17-10)12(16)7-9-5-6-15-8-11(9)14/h3-6,8H,2,7H2,1H3. The lowest BCUT2D eigenvalue weighted by atomic mass is 10.1. The van der Waals surface area contributed by atoms with Gasteiger partial charge in [-0.05, 0) is 30.2 Å². The molecular weight excluding hydrogens is 254 g/mol. The van der Waals surface area contributed by atoms with Crippen LogP contribution in [0.25, 0.3) is 0 Å². The van der Waals surface area contributed by atoms with Gasteiger partial charge in [0.05, 0.1) is 9.90 Å². The van der Waals surface area contributed by atoms with Crippen molar-refractivity contribution < 1.29 is 4.79 Å². The van der Waals surface area contributed by atoms with Crippen LogP contribution < -0.4 is 0 Å². The van der Waals surface area contributed by atoms with Gasteiger partial charge in [-0.1, -0.05) is 18.5 Å². The maximum absolute atomic E-state index is 12.0. The van der Waals surface area contributed by atoms with Gasteiger partial charge in [0.1, 0.15) is 0 Å². The second kappa shape index (κ2) is 5.43. The molecule has 0 radical (unpaired) electrons. The molecule has 0 spiro atoms. The van der Waals surface area contributed by atoms with Gasteiger partial charge in [-0.3, -0.25) is 9.78 Å². The minimum absolute atomic E-state index is 0.114. The Morgan fingerprint density at radius 2 is 2.24 bits per heavy atom. The first-order valence-corrected chi connectivity index (χ1v) is 6.60. The number of hydrogen-bond acceptors (Lipinski definition) is 3.